The number of aromatic nitrogens is 1. The number of carboxylic acids is 4. The summed E-state index contributed by atoms with van der Waals surface area (Å²) in [5.74, 6) is -4.61. The second kappa shape index (κ2) is 31.5. The van der Waals surface area contributed by atoms with Gasteiger partial charge in [-0.1, -0.05) is 25.0 Å². The van der Waals surface area contributed by atoms with Crippen molar-refractivity contribution in [2.75, 3.05) is 71.3 Å². The van der Waals surface area contributed by atoms with Crippen LogP contribution in [0.25, 0.3) is 6.08 Å². The fourth-order valence-corrected chi connectivity index (χ4v) is 8.61. The van der Waals surface area contributed by atoms with Crippen molar-refractivity contribution in [1.82, 2.24) is 30.2 Å². The molecule has 3 aromatic rings. The Kier molecular flexibility index (Phi) is 25.3. The number of allylic oxidation sites excluding steroid dienone is 2. The number of rotatable bonds is 36. The summed E-state index contributed by atoms with van der Waals surface area (Å²) in [7, 11) is -1.19. The van der Waals surface area contributed by atoms with Crippen LogP contribution in [0, 0.1) is 13.8 Å². The molecule has 8 N–H and O–H groups in total. The van der Waals surface area contributed by atoms with E-state index in [9.17, 15) is 52.4 Å². The maximum Gasteiger partial charge on any atom is 0.677 e. The lowest BCUT2D eigenvalue weighted by Crippen LogP contribution is -2.49. The summed E-state index contributed by atoms with van der Waals surface area (Å²) >= 11 is 0. The van der Waals surface area contributed by atoms with Gasteiger partial charge in [0.05, 0.1) is 44.7 Å². The highest BCUT2D eigenvalue weighted by molar-refractivity contribution is 6.41. The number of methoxy groups -OCH3 is 1. The number of aliphatic carboxylic acids is 4. The van der Waals surface area contributed by atoms with Crippen molar-refractivity contribution in [3.63, 3.8) is 0 Å². The Morgan fingerprint density at radius 2 is 1.29 bits per heavy atom. The molecular formula is C52H69BF2N8O12. The maximum absolute atomic E-state index is 14.3. The van der Waals surface area contributed by atoms with Gasteiger partial charge in [0.2, 0.25) is 17.7 Å². The molecule has 0 saturated heterocycles. The summed E-state index contributed by atoms with van der Waals surface area (Å²) in [5, 5.41) is 48.8. The summed E-state index contributed by atoms with van der Waals surface area (Å²) in [6.45, 7) is 2.53. The van der Waals surface area contributed by atoms with E-state index in [2.05, 4.69) is 26.3 Å². The molecule has 1 unspecified atom stereocenters. The van der Waals surface area contributed by atoms with Crippen LogP contribution in [-0.2, 0) is 46.4 Å². The molecule has 20 nitrogen and oxygen atoms in total. The van der Waals surface area contributed by atoms with Crippen LogP contribution in [0.3, 0.4) is 0 Å². The zero-order valence-electron chi connectivity index (χ0n) is 42.7. The van der Waals surface area contributed by atoms with E-state index in [1.165, 1.54) is 9.80 Å². The van der Waals surface area contributed by atoms with Gasteiger partial charge < -0.3 is 50.9 Å². The molecule has 1 aliphatic rings. The summed E-state index contributed by atoms with van der Waals surface area (Å²) in [4.78, 5) is 90.5. The first kappa shape index (κ1) is 60.3. The molecule has 0 saturated carbocycles. The Morgan fingerprint density at radius 3 is 1.85 bits per heavy atom. The molecule has 75 heavy (non-hydrogen) atoms. The highest BCUT2D eigenvalue weighted by atomic mass is 19.2. The van der Waals surface area contributed by atoms with Crippen LogP contribution in [0.4, 0.5) is 14.3 Å². The smallest absolute Gasteiger partial charge is 0.497 e. The van der Waals surface area contributed by atoms with E-state index in [-0.39, 0.29) is 56.6 Å². The molecule has 1 aromatic heterocycles. The minimum absolute atomic E-state index is 0.0618. The van der Waals surface area contributed by atoms with Gasteiger partial charge in [0.25, 0.3) is 0 Å². The van der Waals surface area contributed by atoms with Crippen LogP contribution < -0.4 is 26.0 Å². The number of halogens is 2. The predicted octanol–water partition coefficient (Wildman–Crippen LogP) is 4.65. The summed E-state index contributed by atoms with van der Waals surface area (Å²) < 4.78 is 34.9. The number of carboxylic acid groups (broad SMARTS) is 4. The zero-order chi connectivity index (χ0) is 54.9. The van der Waals surface area contributed by atoms with E-state index in [1.807, 2.05) is 30.3 Å². The molecule has 0 fully saturated rings. The van der Waals surface area contributed by atoms with E-state index in [0.717, 1.165) is 22.0 Å². The summed E-state index contributed by atoms with van der Waals surface area (Å²) in [6.07, 6.45) is 10.5. The van der Waals surface area contributed by atoms with Gasteiger partial charge in [-0.05, 0) is 124 Å². The van der Waals surface area contributed by atoms with Crippen molar-refractivity contribution in [2.45, 2.75) is 90.5 Å². The van der Waals surface area contributed by atoms with Gasteiger partial charge >= 0.3 is 31.3 Å². The number of aliphatic imine (C=N–C) groups is 1. The average molecular weight is 1050 g/mol. The van der Waals surface area contributed by atoms with Crippen LogP contribution in [0.2, 0.25) is 0 Å². The first-order valence-corrected chi connectivity index (χ1v) is 24.9. The monoisotopic (exact) mass is 1050 g/mol. The van der Waals surface area contributed by atoms with E-state index < -0.39 is 63.5 Å². The van der Waals surface area contributed by atoms with Crippen molar-refractivity contribution in [1.29, 1.82) is 0 Å². The summed E-state index contributed by atoms with van der Waals surface area (Å²) in [5.41, 5.74) is 5.48. The van der Waals surface area contributed by atoms with Crippen LogP contribution >= 0.6 is 0 Å². The minimum Gasteiger partial charge on any atom is -0.497 e. The molecule has 406 valence electrons. The van der Waals surface area contributed by atoms with Gasteiger partial charge in [-0.25, -0.2) is 4.99 Å². The number of benzene rings is 2. The van der Waals surface area contributed by atoms with Gasteiger partial charge in [-0.2, -0.15) is 0 Å². The van der Waals surface area contributed by atoms with Gasteiger partial charge in [0, 0.05) is 80.7 Å². The molecule has 0 spiro atoms. The zero-order valence-corrected chi connectivity index (χ0v) is 42.7. The molecule has 0 bridgehead atoms. The SMILES string of the molecule is COc1ccc(C2=N/C(=C\c3c(C)c(CCC(=O)NCCCCCC(=O)NCCCCCC(=O)Nc4ccc(CC(CNCCN(CC(=O)O)CC(=O)O)N(CC(=O)O)CC(=O)O)cc4)c(C)n3B(F)F)C=C2)cc1. The largest absolute Gasteiger partial charge is 0.677 e. The number of nitrogens with zero attached hydrogens (tertiary/aromatic N) is 4. The molecule has 2 aromatic carbocycles. The van der Waals surface area contributed by atoms with Crippen LogP contribution in [0.5, 0.6) is 5.75 Å². The molecular weight excluding hydrogens is 977 g/mol. The lowest BCUT2D eigenvalue weighted by atomic mass is 10.0. The van der Waals surface area contributed by atoms with Crippen molar-refractivity contribution in [3.05, 3.63) is 100 Å². The Balaban J connectivity index is 1.09. The van der Waals surface area contributed by atoms with Crippen molar-refractivity contribution >= 4 is 66.5 Å². The van der Waals surface area contributed by atoms with Gasteiger partial charge in [0.15, 0.2) is 0 Å². The molecule has 0 radical (unpaired) electrons. The second-order valence-corrected chi connectivity index (χ2v) is 18.2. The predicted molar refractivity (Wildman–Crippen MR) is 279 cm³/mol. The second-order valence-electron chi connectivity index (χ2n) is 18.2. The fraction of sp³-hybridized carbons (Fsp3) is 0.462. The highest BCUT2D eigenvalue weighted by Crippen LogP contribution is 2.29. The number of unbranched alkanes of at least 4 members (excludes halogenated alkanes) is 4. The molecule has 2 heterocycles. The van der Waals surface area contributed by atoms with Gasteiger partial charge in [0.1, 0.15) is 5.75 Å². The number of hydrogen-bond acceptors (Lipinski definition) is 12. The number of anilines is 1. The lowest BCUT2D eigenvalue weighted by Gasteiger charge is -2.30. The topological polar surface area (TPSA) is 282 Å². The normalized spacial score (nSPS) is 12.9. The Bertz CT molecular complexity index is 2490. The van der Waals surface area contributed by atoms with Gasteiger partial charge in [-0.3, -0.25) is 52.0 Å². The Hall–Kier alpha value is -7.24. The standard InChI is InChI=1S/C52H69BF2N8O12/c1-35-43(36(2)63(53(54)55)45(35)29-40-18-22-44(59-40)38-14-19-42(75-3)20-15-38)21-23-47(65)58-25-8-4-6-10-46(64)57-24-9-5-7-11-48(66)60-39-16-12-37(13-17-39)28-41(62(33-51(71)72)34-52(73)74)30-56-26-27-61(31-49(67)68)32-50(69)70/h12-20,22,29,41,56H,4-11,21,23-28,30-34H2,1-3H3,(H,57,64)(H,58,65)(H,60,66)(H,67,68)(H,69,70)(H,71,72)(H,73,74)/b40-29-. The molecule has 0 aliphatic carbocycles. The average Bonchev–Trinajstić information content (AvgIpc) is 3.91. The van der Waals surface area contributed by atoms with E-state index in [4.69, 9.17) is 14.9 Å². The number of carbonyl (C=O) groups excluding carboxylic acids is 3. The highest BCUT2D eigenvalue weighted by Gasteiger charge is 2.28. The lowest BCUT2D eigenvalue weighted by molar-refractivity contribution is -0.144. The Morgan fingerprint density at radius 1 is 0.720 bits per heavy atom. The molecule has 1 aliphatic heterocycles. The third-order valence-corrected chi connectivity index (χ3v) is 12.4. The first-order valence-electron chi connectivity index (χ1n) is 24.9. The summed E-state index contributed by atoms with van der Waals surface area (Å²) in [6, 6.07) is 13.6. The molecule has 23 heteroatoms. The number of ether oxygens (including phenoxy) is 1. The minimum atomic E-state index is -2.78. The fourth-order valence-electron chi connectivity index (χ4n) is 8.61. The maximum atomic E-state index is 14.3. The van der Waals surface area contributed by atoms with E-state index >= 15 is 0 Å². The first-order chi connectivity index (χ1) is 35.8. The molecule has 1 atom stereocenters. The van der Waals surface area contributed by atoms with E-state index in [1.54, 1.807) is 57.4 Å². The third-order valence-electron chi connectivity index (χ3n) is 12.4. The number of amides is 3. The van der Waals surface area contributed by atoms with Crippen molar-refractivity contribution in [3.8, 4) is 5.75 Å². The quantitative estimate of drug-likeness (QED) is 0.0291. The van der Waals surface area contributed by atoms with Crippen molar-refractivity contribution < 1.29 is 67.4 Å². The number of nitrogens with one attached hydrogen (secondary N) is 4. The van der Waals surface area contributed by atoms with Crippen LogP contribution in [0.1, 0.15) is 91.4 Å². The molecule has 3 amide bonds. The number of carbonyl (C=O) groups is 7. The van der Waals surface area contributed by atoms with Crippen LogP contribution in [-0.4, -0.2) is 161 Å². The molecule has 4 rings (SSSR count). The number of hydrogen-bond donors (Lipinski definition) is 8. The van der Waals surface area contributed by atoms with E-state index in [0.29, 0.717) is 103 Å². The van der Waals surface area contributed by atoms with Crippen molar-refractivity contribution in [2.24, 2.45) is 4.99 Å². The third kappa shape index (κ3) is 21.6. The van der Waals surface area contributed by atoms with Crippen LogP contribution in [0.15, 0.2) is 71.4 Å². The van der Waals surface area contributed by atoms with Gasteiger partial charge in [-0.15, -0.1) is 0 Å². The Labute approximate surface area is 435 Å².